The van der Waals surface area contributed by atoms with Crippen LogP contribution >= 0.6 is 58.9 Å². The molecule has 0 aliphatic carbocycles. The van der Waals surface area contributed by atoms with Crippen molar-refractivity contribution in [2.75, 3.05) is 6.26 Å². The van der Waals surface area contributed by atoms with Crippen LogP contribution in [0.2, 0.25) is 5.02 Å². The lowest BCUT2D eigenvalue weighted by Gasteiger charge is -2.11. The van der Waals surface area contributed by atoms with Crippen LogP contribution < -0.4 is 0 Å². The van der Waals surface area contributed by atoms with E-state index in [1.165, 1.54) is 24.3 Å². The van der Waals surface area contributed by atoms with E-state index in [2.05, 4.69) is 47.3 Å². The van der Waals surface area contributed by atoms with Gasteiger partial charge in [-0.2, -0.15) is 13.2 Å². The third-order valence-corrected chi connectivity index (χ3v) is 4.61. The minimum Gasteiger partial charge on any atom is -0.508 e. The zero-order valence-corrected chi connectivity index (χ0v) is 19.9. The molecule has 0 spiro atoms. The van der Waals surface area contributed by atoms with Gasteiger partial charge < -0.3 is 5.11 Å². The maximum Gasteiger partial charge on any atom is 0.416 e. The molecular weight excluding hydrogens is 603 g/mol. The molecular formula is C15H12BBr3ClF3O3S. The number of benzene rings is 2. The quantitative estimate of drug-likeness (QED) is 0.418. The molecule has 0 atom stereocenters. The van der Waals surface area contributed by atoms with Crippen molar-refractivity contribution in [2.45, 2.75) is 17.5 Å². The molecule has 2 aromatic rings. The second-order valence-corrected chi connectivity index (χ2v) is 14.2. The molecule has 3 nitrogen and oxygen atoms in total. The van der Waals surface area contributed by atoms with Crippen LogP contribution in [0.5, 0.6) is 5.75 Å². The fraction of sp³-hybridized carbons (Fsp3) is 0.200. The Balaban J connectivity index is 0.000000828. The molecule has 0 aliphatic heterocycles. The van der Waals surface area contributed by atoms with Gasteiger partial charge in [-0.3, -0.25) is 0 Å². The highest BCUT2D eigenvalue weighted by molar-refractivity contribution is 9.69. The standard InChI is InChI=1S/C15H12ClF3O3S.BBr3/c1-23(21,22)13-3-2-10(14(16)8-13)4-9-5-11(15(17,18)19)7-12(20)6-9;2-1(3)4/h2-3,5-8,20H,4H2,1H3;. The number of alkyl halides is 3. The normalized spacial score (nSPS) is 11.6. The first-order chi connectivity index (χ1) is 12.2. The van der Waals surface area contributed by atoms with Crippen molar-refractivity contribution in [1.82, 2.24) is 0 Å². The second kappa shape index (κ2) is 10.0. The third kappa shape index (κ3) is 8.76. The zero-order chi connectivity index (χ0) is 21.0. The predicted octanol–water partition coefficient (Wildman–Crippen LogP) is 6.21. The van der Waals surface area contributed by atoms with E-state index in [1.54, 1.807) is 0 Å². The van der Waals surface area contributed by atoms with Crippen LogP contribution in [0.1, 0.15) is 16.7 Å². The summed E-state index contributed by atoms with van der Waals surface area (Å²) < 4.78 is 61.4. The van der Waals surface area contributed by atoms with Gasteiger partial charge in [-0.15, -0.1) is 47.3 Å². The van der Waals surface area contributed by atoms with Gasteiger partial charge in [0, 0.05) is 11.3 Å². The molecule has 1 N–H and O–H groups in total. The van der Waals surface area contributed by atoms with Gasteiger partial charge in [-0.1, -0.05) is 17.7 Å². The molecule has 0 amide bonds. The monoisotopic (exact) mass is 612 g/mol. The Morgan fingerprint density at radius 2 is 1.67 bits per heavy atom. The predicted molar refractivity (Wildman–Crippen MR) is 113 cm³/mol. The molecule has 2 aromatic carbocycles. The van der Waals surface area contributed by atoms with Gasteiger partial charge in [0.2, 0.25) is 0 Å². The molecule has 0 fully saturated rings. The molecule has 0 saturated heterocycles. The highest BCUT2D eigenvalue weighted by Gasteiger charge is 2.31. The molecule has 27 heavy (non-hydrogen) atoms. The summed E-state index contributed by atoms with van der Waals surface area (Å²) >= 11 is 15.3. The van der Waals surface area contributed by atoms with Crippen LogP contribution in [0, 0.1) is 0 Å². The summed E-state index contributed by atoms with van der Waals surface area (Å²) in [5.74, 6) is -0.501. The maximum absolute atomic E-state index is 12.7. The number of phenols is 1. The van der Waals surface area contributed by atoms with Crippen molar-refractivity contribution < 1.29 is 26.7 Å². The molecule has 0 unspecified atom stereocenters. The first-order valence-electron chi connectivity index (χ1n) is 7.01. The summed E-state index contributed by atoms with van der Waals surface area (Å²) in [4.78, 5) is 0.0261. The number of rotatable bonds is 3. The molecule has 0 aromatic heterocycles. The zero-order valence-electron chi connectivity index (χ0n) is 13.6. The Morgan fingerprint density at radius 1 is 1.11 bits per heavy atom. The van der Waals surface area contributed by atoms with Gasteiger partial charge >= 0.3 is 9.36 Å². The minimum atomic E-state index is -4.57. The summed E-state index contributed by atoms with van der Waals surface area (Å²) in [5.41, 5.74) is -0.291. The molecule has 0 heterocycles. The molecule has 0 saturated carbocycles. The Bertz CT molecular complexity index is 906. The van der Waals surface area contributed by atoms with E-state index < -0.39 is 27.3 Å². The lowest BCUT2D eigenvalue weighted by atomic mass is 10.0. The molecule has 2 rings (SSSR count). The number of sulfone groups is 1. The first-order valence-corrected chi connectivity index (χ1v) is 12.0. The van der Waals surface area contributed by atoms with E-state index in [0.29, 0.717) is 11.6 Å². The third-order valence-electron chi connectivity index (χ3n) is 3.15. The van der Waals surface area contributed by atoms with Crippen molar-refractivity contribution in [3.63, 3.8) is 0 Å². The van der Waals surface area contributed by atoms with Gasteiger partial charge in [-0.25, -0.2) is 8.42 Å². The van der Waals surface area contributed by atoms with E-state index in [-0.39, 0.29) is 25.1 Å². The summed E-state index contributed by atoms with van der Waals surface area (Å²) in [6.45, 7) is 0. The van der Waals surface area contributed by atoms with Crippen LogP contribution in [0.15, 0.2) is 41.3 Å². The lowest BCUT2D eigenvalue weighted by Crippen LogP contribution is -2.05. The number of halogens is 7. The minimum absolute atomic E-state index is 0.0261. The average Bonchev–Trinajstić information content (AvgIpc) is 2.46. The fourth-order valence-corrected chi connectivity index (χ4v) is 3.02. The number of hydrogen-bond acceptors (Lipinski definition) is 3. The van der Waals surface area contributed by atoms with E-state index in [1.807, 2.05) is 0 Å². The number of phenolic OH excluding ortho intramolecular Hbond substituents is 1. The summed E-state index contributed by atoms with van der Waals surface area (Å²) in [6, 6.07) is 6.79. The maximum atomic E-state index is 12.7. The van der Waals surface area contributed by atoms with E-state index in [9.17, 15) is 26.7 Å². The van der Waals surface area contributed by atoms with Gasteiger partial charge in [0.15, 0.2) is 9.84 Å². The van der Waals surface area contributed by atoms with Crippen LogP contribution in [0.4, 0.5) is 13.2 Å². The SMILES string of the molecule is BrB(Br)Br.CS(=O)(=O)c1ccc(Cc2cc(O)cc(C(F)(F)F)c2)c(Cl)c1. The molecule has 0 radical (unpaired) electrons. The molecule has 12 heteroatoms. The topological polar surface area (TPSA) is 54.4 Å². The molecule has 0 aliphatic rings. The van der Waals surface area contributed by atoms with Crippen LogP contribution in [-0.4, -0.2) is 23.0 Å². The van der Waals surface area contributed by atoms with Crippen molar-refractivity contribution >= 4 is 71.9 Å². The van der Waals surface area contributed by atoms with E-state index in [4.69, 9.17) is 11.6 Å². The highest BCUT2D eigenvalue weighted by atomic mass is 79.9. The highest BCUT2D eigenvalue weighted by Crippen LogP contribution is 2.33. The number of aromatic hydroxyl groups is 1. The van der Waals surface area contributed by atoms with Gasteiger partial charge in [0.1, 0.15) is 5.75 Å². The van der Waals surface area contributed by atoms with E-state index in [0.717, 1.165) is 12.3 Å². The number of hydrogen-bond donors (Lipinski definition) is 1. The lowest BCUT2D eigenvalue weighted by molar-refractivity contribution is -0.137. The van der Waals surface area contributed by atoms with Gasteiger partial charge in [0.05, 0.1) is 10.5 Å². The van der Waals surface area contributed by atoms with Crippen LogP contribution in [0.25, 0.3) is 0 Å². The summed E-state index contributed by atoms with van der Waals surface area (Å²) in [7, 11) is -3.42. The summed E-state index contributed by atoms with van der Waals surface area (Å²) in [5, 5.41) is 9.57. The average molecular weight is 615 g/mol. The second-order valence-electron chi connectivity index (χ2n) is 5.34. The van der Waals surface area contributed by atoms with Crippen molar-refractivity contribution in [3.05, 3.63) is 58.1 Å². The molecule has 0 bridgehead atoms. The Morgan fingerprint density at radius 3 is 2.11 bits per heavy atom. The van der Waals surface area contributed by atoms with Crippen LogP contribution in [0.3, 0.4) is 0 Å². The summed E-state index contributed by atoms with van der Waals surface area (Å²) in [6.07, 6.45) is -3.51. The van der Waals surface area contributed by atoms with E-state index >= 15 is 0 Å². The first kappa shape index (κ1) is 24.8. The van der Waals surface area contributed by atoms with Gasteiger partial charge in [0.25, 0.3) is 0 Å². The van der Waals surface area contributed by atoms with Crippen molar-refractivity contribution in [1.29, 1.82) is 0 Å². The molecule has 148 valence electrons. The Labute approximate surface area is 185 Å². The van der Waals surface area contributed by atoms with Crippen molar-refractivity contribution in [3.8, 4) is 5.75 Å². The Hall–Kier alpha value is -0.225. The van der Waals surface area contributed by atoms with Gasteiger partial charge in [-0.05, 0) is 47.9 Å². The fourth-order valence-electron chi connectivity index (χ4n) is 2.06. The Kier molecular flexibility index (Phi) is 9.19. The largest absolute Gasteiger partial charge is 0.508 e. The van der Waals surface area contributed by atoms with Crippen LogP contribution in [-0.2, 0) is 22.4 Å². The smallest absolute Gasteiger partial charge is 0.416 e. The van der Waals surface area contributed by atoms with Crippen molar-refractivity contribution in [2.24, 2.45) is 0 Å².